The Labute approximate surface area is 394 Å². The van der Waals surface area contributed by atoms with Crippen molar-refractivity contribution in [2.24, 2.45) is 0 Å². The summed E-state index contributed by atoms with van der Waals surface area (Å²) in [5.74, 6) is 1.34. The highest BCUT2D eigenvalue weighted by Gasteiger charge is 2.36. The van der Waals surface area contributed by atoms with Gasteiger partial charge in [-0.05, 0) is 201 Å². The summed E-state index contributed by atoms with van der Waals surface area (Å²) >= 11 is 0. The number of carbonyl (C=O) groups is 3. The number of rotatable bonds is 17. The molecule has 0 spiro atoms. The third kappa shape index (κ3) is 11.8. The molecule has 5 fully saturated rings. The molecule has 9 nitrogen and oxygen atoms in total. The van der Waals surface area contributed by atoms with E-state index in [0.717, 1.165) is 179 Å². The number of esters is 3. The van der Waals surface area contributed by atoms with E-state index in [9.17, 15) is 14.4 Å². The van der Waals surface area contributed by atoms with Gasteiger partial charge in [-0.1, -0.05) is 68.9 Å². The topological polar surface area (TPSA) is 107 Å². The highest BCUT2D eigenvalue weighted by Crippen LogP contribution is 2.48. The molecule has 0 heterocycles. The maximum atomic E-state index is 13.4. The first-order valence-corrected chi connectivity index (χ1v) is 25.7. The second-order valence-electron chi connectivity index (χ2n) is 21.4. The maximum absolute atomic E-state index is 13.4. The number of benzene rings is 3. The Balaban J connectivity index is 1.19. The fourth-order valence-corrected chi connectivity index (χ4v) is 12.1. The molecule has 0 N–H and O–H groups in total. The molecule has 5 aliphatic rings. The van der Waals surface area contributed by atoms with Gasteiger partial charge in [0, 0.05) is 11.5 Å². The van der Waals surface area contributed by atoms with Gasteiger partial charge in [0.15, 0.2) is 19.8 Å². The second kappa shape index (κ2) is 21.2. The van der Waals surface area contributed by atoms with E-state index in [1.54, 1.807) is 0 Å². The van der Waals surface area contributed by atoms with Crippen LogP contribution in [0.4, 0.5) is 0 Å². The predicted molar refractivity (Wildman–Crippen MR) is 257 cm³/mol. The molecule has 0 bridgehead atoms. The lowest BCUT2D eigenvalue weighted by molar-refractivity contribution is -0.160. The lowest BCUT2D eigenvalue weighted by atomic mass is 9.75. The van der Waals surface area contributed by atoms with Gasteiger partial charge in [-0.2, -0.15) is 0 Å². The van der Waals surface area contributed by atoms with Crippen LogP contribution in [0, 0.1) is 13.8 Å². The van der Waals surface area contributed by atoms with Crippen LogP contribution in [-0.4, -0.2) is 54.5 Å². The Bertz CT molecular complexity index is 2050. The van der Waals surface area contributed by atoms with Gasteiger partial charge in [0.2, 0.25) is 0 Å². The smallest absolute Gasteiger partial charge is 0.344 e. The molecule has 9 heteroatoms. The van der Waals surface area contributed by atoms with Crippen LogP contribution >= 0.6 is 0 Å². The monoisotopic (exact) mass is 905 g/mol. The van der Waals surface area contributed by atoms with Crippen molar-refractivity contribution < 1.29 is 42.8 Å². The van der Waals surface area contributed by atoms with Crippen LogP contribution in [0.25, 0.3) is 0 Å². The van der Waals surface area contributed by atoms with Crippen molar-refractivity contribution >= 4 is 17.9 Å². The van der Waals surface area contributed by atoms with E-state index in [0.29, 0.717) is 5.75 Å². The number of hydrogen-bond donors (Lipinski definition) is 0. The van der Waals surface area contributed by atoms with Crippen LogP contribution in [-0.2, 0) is 28.6 Å². The van der Waals surface area contributed by atoms with Gasteiger partial charge in [-0.25, -0.2) is 14.4 Å². The predicted octanol–water partition coefficient (Wildman–Crippen LogP) is 13.3. The molecule has 0 atom stereocenters. The van der Waals surface area contributed by atoms with E-state index in [2.05, 4.69) is 44.2 Å². The van der Waals surface area contributed by atoms with Gasteiger partial charge in [0.05, 0.1) is 0 Å². The number of hydrogen-bond acceptors (Lipinski definition) is 9. The maximum Gasteiger partial charge on any atom is 0.344 e. The molecule has 5 saturated carbocycles. The Kier molecular flexibility index (Phi) is 15.4. The molecule has 0 amide bonds. The average Bonchev–Trinajstić information content (AvgIpc) is 4.07. The van der Waals surface area contributed by atoms with Crippen LogP contribution < -0.4 is 14.2 Å². The fraction of sp³-hybridized carbons (Fsp3) is 0.632. The first-order valence-electron chi connectivity index (χ1n) is 25.7. The third-order valence-electron chi connectivity index (χ3n) is 15.8. The lowest BCUT2D eigenvalue weighted by Gasteiger charge is -2.31. The lowest BCUT2D eigenvalue weighted by Crippen LogP contribution is -2.31. The van der Waals surface area contributed by atoms with E-state index < -0.39 is 16.8 Å². The van der Waals surface area contributed by atoms with Gasteiger partial charge in [-0.15, -0.1) is 0 Å². The van der Waals surface area contributed by atoms with Crippen molar-refractivity contribution in [3.05, 3.63) is 87.5 Å². The minimum atomic E-state index is -0.453. The van der Waals surface area contributed by atoms with E-state index >= 15 is 0 Å². The molecule has 66 heavy (non-hydrogen) atoms. The van der Waals surface area contributed by atoms with Crippen LogP contribution in [0.2, 0.25) is 0 Å². The standard InChI is InChI=1S/C57H76O9/c1-39-32-49(62-37-52(59)65-56(4)28-16-17-29-56)46(41-20-8-6-9-21-41)34-44(39)54(43-24-12-13-25-48(43)61-36-51(58)64-55(3)26-14-15-27-55)45-35-47(42-22-10-7-11-23-42)50(33-40(45)2)63-38-53(60)66-57(5)30-18-19-31-57/h12-13,24-25,32-35,41-42,54H,6-11,14-23,26-31,36-38H2,1-5H3. The summed E-state index contributed by atoms with van der Waals surface area (Å²) in [6.45, 7) is 9.90. The van der Waals surface area contributed by atoms with E-state index in [1.165, 1.54) is 12.8 Å². The van der Waals surface area contributed by atoms with Crippen LogP contribution in [0.5, 0.6) is 17.2 Å². The Morgan fingerprint density at radius 3 is 1.20 bits per heavy atom. The second-order valence-corrected chi connectivity index (χ2v) is 21.4. The van der Waals surface area contributed by atoms with Crippen molar-refractivity contribution in [1.29, 1.82) is 0 Å². The Hall–Kier alpha value is -4.53. The van der Waals surface area contributed by atoms with Crippen molar-refractivity contribution in [2.45, 2.75) is 210 Å². The van der Waals surface area contributed by atoms with E-state index in [1.807, 2.05) is 39.0 Å². The van der Waals surface area contributed by atoms with Gasteiger partial charge in [0.25, 0.3) is 0 Å². The summed E-state index contributed by atoms with van der Waals surface area (Å²) in [7, 11) is 0. The Morgan fingerprint density at radius 1 is 0.470 bits per heavy atom. The molecule has 0 radical (unpaired) electrons. The van der Waals surface area contributed by atoms with E-state index in [4.69, 9.17) is 28.4 Å². The largest absolute Gasteiger partial charge is 0.482 e. The third-order valence-corrected chi connectivity index (χ3v) is 15.8. The summed E-state index contributed by atoms with van der Waals surface area (Å²) in [6.07, 6.45) is 22.8. The minimum Gasteiger partial charge on any atom is -0.482 e. The van der Waals surface area contributed by atoms with Crippen molar-refractivity contribution in [2.75, 3.05) is 19.8 Å². The van der Waals surface area contributed by atoms with Gasteiger partial charge >= 0.3 is 17.9 Å². The first kappa shape index (κ1) is 47.9. The number of carbonyl (C=O) groups excluding carboxylic acids is 3. The van der Waals surface area contributed by atoms with Crippen LogP contribution in [0.15, 0.2) is 48.5 Å². The zero-order chi connectivity index (χ0) is 46.3. The summed E-state index contributed by atoms with van der Waals surface area (Å²) in [5.41, 5.74) is 6.15. The zero-order valence-corrected chi connectivity index (χ0v) is 40.7. The number of para-hydroxylation sites is 1. The Morgan fingerprint density at radius 2 is 0.818 bits per heavy atom. The average molecular weight is 905 g/mol. The quantitative estimate of drug-likeness (QED) is 0.0743. The summed E-state index contributed by atoms with van der Waals surface area (Å²) in [5, 5.41) is 0. The molecule has 0 aliphatic heterocycles. The normalized spacial score (nSPS) is 20.5. The molecular formula is C57H76O9. The molecule has 8 rings (SSSR count). The van der Waals surface area contributed by atoms with Gasteiger partial charge < -0.3 is 28.4 Å². The van der Waals surface area contributed by atoms with Gasteiger partial charge in [-0.3, -0.25) is 0 Å². The molecule has 0 unspecified atom stereocenters. The van der Waals surface area contributed by atoms with Crippen LogP contribution in [0.1, 0.15) is 219 Å². The minimum absolute atomic E-state index is 0.137. The molecule has 3 aromatic rings. The molecule has 358 valence electrons. The van der Waals surface area contributed by atoms with E-state index in [-0.39, 0.29) is 55.5 Å². The van der Waals surface area contributed by atoms with Crippen molar-refractivity contribution in [3.8, 4) is 17.2 Å². The van der Waals surface area contributed by atoms with Gasteiger partial charge in [0.1, 0.15) is 34.1 Å². The molecular weight excluding hydrogens is 829 g/mol. The number of aryl methyl sites for hydroxylation is 2. The van der Waals surface area contributed by atoms with Crippen molar-refractivity contribution in [1.82, 2.24) is 0 Å². The highest BCUT2D eigenvalue weighted by molar-refractivity contribution is 5.73. The first-order chi connectivity index (χ1) is 31.8. The molecule has 3 aromatic carbocycles. The summed E-state index contributed by atoms with van der Waals surface area (Å²) in [4.78, 5) is 40.1. The highest BCUT2D eigenvalue weighted by atomic mass is 16.6. The fourth-order valence-electron chi connectivity index (χ4n) is 12.1. The zero-order valence-electron chi connectivity index (χ0n) is 40.7. The molecule has 0 saturated heterocycles. The summed E-state index contributed by atoms with van der Waals surface area (Å²) in [6, 6.07) is 17.0. The SMILES string of the molecule is Cc1cc(OCC(=O)OC2(C)CCCC2)c(C2CCCCC2)cc1C(c1cc(C2CCCCC2)c(OCC(=O)OC2(C)CCCC2)cc1C)c1ccccc1OCC(=O)OC1(C)CCCC1. The summed E-state index contributed by atoms with van der Waals surface area (Å²) < 4.78 is 37.6. The van der Waals surface area contributed by atoms with Crippen molar-refractivity contribution in [3.63, 3.8) is 0 Å². The number of ether oxygens (including phenoxy) is 6. The molecule has 5 aliphatic carbocycles. The van der Waals surface area contributed by atoms with Crippen LogP contribution in [0.3, 0.4) is 0 Å². The molecule has 0 aromatic heterocycles.